The highest BCUT2D eigenvalue weighted by atomic mass is 16.2. The van der Waals surface area contributed by atoms with Gasteiger partial charge in [-0.3, -0.25) is 9.59 Å². The molecule has 0 unspecified atom stereocenters. The molecule has 8 nitrogen and oxygen atoms in total. The molecule has 1 spiro atoms. The Balaban J connectivity index is 1.42. The molecule has 1 N–H and O–H groups in total. The maximum Gasteiger partial charge on any atom is 0.289 e. The molecule has 0 aromatic carbocycles. The van der Waals surface area contributed by atoms with Gasteiger partial charge in [-0.15, -0.1) is 0 Å². The second kappa shape index (κ2) is 5.94. The Kier molecular flexibility index (Phi) is 3.63. The number of carbonyl (C=O) groups excluding carboxylic acids is 2. The van der Waals surface area contributed by atoms with Gasteiger partial charge in [-0.1, -0.05) is 0 Å². The number of aryl methyl sites for hydroxylation is 1. The first-order valence-corrected chi connectivity index (χ1v) is 9.71. The van der Waals surface area contributed by atoms with Gasteiger partial charge >= 0.3 is 0 Å². The lowest BCUT2D eigenvalue weighted by molar-refractivity contribution is -0.143. The van der Waals surface area contributed by atoms with Crippen LogP contribution < -0.4 is 0 Å². The average Bonchev–Trinajstić information content (AvgIpc) is 3.26. The summed E-state index contributed by atoms with van der Waals surface area (Å²) in [4.78, 5) is 41.8. The number of fused-ring (bicyclic) bond motifs is 2. The predicted octanol–water partition coefficient (Wildman–Crippen LogP) is 1.07. The van der Waals surface area contributed by atoms with Crippen LogP contribution in [0.15, 0.2) is 18.7 Å². The van der Waals surface area contributed by atoms with Crippen molar-refractivity contribution in [1.82, 2.24) is 29.3 Å². The highest BCUT2D eigenvalue weighted by molar-refractivity contribution is 5.91. The van der Waals surface area contributed by atoms with E-state index in [-0.39, 0.29) is 23.3 Å². The smallest absolute Gasteiger partial charge is 0.289 e. The number of imidazole rings is 2. The summed E-state index contributed by atoms with van der Waals surface area (Å²) >= 11 is 0. The third-order valence-electron chi connectivity index (χ3n) is 6.34. The highest BCUT2D eigenvalue weighted by Gasteiger charge is 2.51. The molecule has 3 aliphatic rings. The van der Waals surface area contributed by atoms with Crippen LogP contribution in [-0.4, -0.2) is 60.8 Å². The van der Waals surface area contributed by atoms with Crippen molar-refractivity contribution in [3.05, 3.63) is 35.9 Å². The zero-order valence-corrected chi connectivity index (χ0v) is 15.5. The van der Waals surface area contributed by atoms with Crippen LogP contribution in [0.2, 0.25) is 0 Å². The monoisotopic (exact) mass is 368 g/mol. The van der Waals surface area contributed by atoms with E-state index in [4.69, 9.17) is 0 Å². The van der Waals surface area contributed by atoms with Crippen LogP contribution in [0, 0.1) is 5.92 Å². The second-order valence-electron chi connectivity index (χ2n) is 7.93. The number of nitrogens with one attached hydrogen (secondary N) is 1. The molecule has 2 amide bonds. The van der Waals surface area contributed by atoms with Crippen molar-refractivity contribution in [1.29, 1.82) is 0 Å². The third kappa shape index (κ3) is 2.49. The first-order chi connectivity index (χ1) is 13.1. The van der Waals surface area contributed by atoms with E-state index in [9.17, 15) is 9.59 Å². The average molecular weight is 368 g/mol. The van der Waals surface area contributed by atoms with Crippen molar-refractivity contribution in [2.75, 3.05) is 19.6 Å². The number of carbonyl (C=O) groups is 2. The number of likely N-dealkylation sites (tertiary alicyclic amines) is 1. The number of piperidine rings is 1. The second-order valence-corrected chi connectivity index (χ2v) is 7.93. The molecule has 1 saturated carbocycles. The first kappa shape index (κ1) is 16.5. The molecular formula is C19H24N6O2. The summed E-state index contributed by atoms with van der Waals surface area (Å²) in [7, 11) is 1.83. The van der Waals surface area contributed by atoms with Gasteiger partial charge in [-0.2, -0.15) is 0 Å². The molecule has 5 rings (SSSR count). The minimum Gasteiger partial charge on any atom is -0.348 e. The number of aromatic amines is 1. The van der Waals surface area contributed by atoms with E-state index in [1.54, 1.807) is 23.3 Å². The maximum absolute atomic E-state index is 13.0. The highest BCUT2D eigenvalue weighted by Crippen LogP contribution is 2.45. The predicted molar refractivity (Wildman–Crippen MR) is 96.8 cm³/mol. The number of hydrogen-bond donors (Lipinski definition) is 1. The zero-order chi connectivity index (χ0) is 18.6. The molecule has 2 aromatic heterocycles. The summed E-state index contributed by atoms with van der Waals surface area (Å²) in [6.45, 7) is 1.94. The molecule has 0 radical (unpaired) electrons. The van der Waals surface area contributed by atoms with Crippen molar-refractivity contribution in [3.8, 4) is 0 Å². The fraction of sp³-hybridized carbons (Fsp3) is 0.579. The molecular weight excluding hydrogens is 344 g/mol. The van der Waals surface area contributed by atoms with Crippen LogP contribution in [0.3, 0.4) is 0 Å². The van der Waals surface area contributed by atoms with Crippen LogP contribution in [0.25, 0.3) is 0 Å². The van der Waals surface area contributed by atoms with Gasteiger partial charge in [-0.05, 0) is 25.7 Å². The van der Waals surface area contributed by atoms with E-state index in [0.29, 0.717) is 18.9 Å². The van der Waals surface area contributed by atoms with Crippen LogP contribution in [0.5, 0.6) is 0 Å². The Morgan fingerprint density at radius 1 is 1.19 bits per heavy atom. The van der Waals surface area contributed by atoms with Gasteiger partial charge < -0.3 is 19.4 Å². The summed E-state index contributed by atoms with van der Waals surface area (Å²) in [5.74, 6) is 0.874. The molecule has 8 heteroatoms. The standard InChI is InChI=1S/C19H24N6O2/c1-23-11-7-20-16(23)18(27)24-9-5-19(6-10-24)15-14(21-12-22-15)4-8-25(19)17(26)13-2-3-13/h7,11-13H,2-6,8-10H2,1H3,(H,21,22). The minimum atomic E-state index is -0.383. The van der Waals surface area contributed by atoms with Crippen molar-refractivity contribution < 1.29 is 9.59 Å². The van der Waals surface area contributed by atoms with Gasteiger partial charge in [-0.25, -0.2) is 9.97 Å². The Labute approximate surface area is 157 Å². The molecule has 142 valence electrons. The van der Waals surface area contributed by atoms with Gasteiger partial charge in [0.15, 0.2) is 5.82 Å². The van der Waals surface area contributed by atoms with E-state index in [1.165, 1.54) is 0 Å². The topological polar surface area (TPSA) is 87.1 Å². The molecule has 1 aliphatic carbocycles. The van der Waals surface area contributed by atoms with Crippen molar-refractivity contribution >= 4 is 11.8 Å². The van der Waals surface area contributed by atoms with Gasteiger partial charge in [0.1, 0.15) is 0 Å². The molecule has 27 heavy (non-hydrogen) atoms. The molecule has 0 atom stereocenters. The van der Waals surface area contributed by atoms with E-state index >= 15 is 0 Å². The quantitative estimate of drug-likeness (QED) is 0.859. The summed E-state index contributed by atoms with van der Waals surface area (Å²) in [6, 6.07) is 0. The number of hydrogen-bond acceptors (Lipinski definition) is 4. The van der Waals surface area contributed by atoms with Gasteiger partial charge in [0.2, 0.25) is 5.91 Å². The van der Waals surface area contributed by atoms with Crippen LogP contribution in [-0.2, 0) is 23.8 Å². The summed E-state index contributed by atoms with van der Waals surface area (Å²) in [5, 5.41) is 0. The number of aromatic nitrogens is 4. The van der Waals surface area contributed by atoms with Gasteiger partial charge in [0, 0.05) is 57.1 Å². The van der Waals surface area contributed by atoms with E-state index in [2.05, 4.69) is 19.9 Å². The third-order valence-corrected chi connectivity index (χ3v) is 6.34. The maximum atomic E-state index is 13.0. The first-order valence-electron chi connectivity index (χ1n) is 9.71. The van der Waals surface area contributed by atoms with E-state index < -0.39 is 0 Å². The normalized spacial score (nSPS) is 21.4. The Morgan fingerprint density at radius 3 is 2.63 bits per heavy atom. The molecule has 1 saturated heterocycles. The zero-order valence-electron chi connectivity index (χ0n) is 15.5. The lowest BCUT2D eigenvalue weighted by Gasteiger charge is -2.50. The number of amides is 2. The van der Waals surface area contributed by atoms with Crippen molar-refractivity contribution in [3.63, 3.8) is 0 Å². The molecule has 2 aromatic rings. The molecule has 4 heterocycles. The number of H-pyrrole nitrogens is 1. The molecule has 2 aliphatic heterocycles. The summed E-state index contributed by atoms with van der Waals surface area (Å²) < 4.78 is 1.75. The Morgan fingerprint density at radius 2 is 1.96 bits per heavy atom. The van der Waals surface area contributed by atoms with E-state index in [0.717, 1.165) is 50.0 Å². The Hall–Kier alpha value is -2.64. The van der Waals surface area contributed by atoms with Gasteiger partial charge in [0.05, 0.1) is 17.6 Å². The SMILES string of the molecule is Cn1ccnc1C(=O)N1CCC2(CC1)c1nc[nH]c1CCN2C(=O)C1CC1. The fourth-order valence-electron chi connectivity index (χ4n) is 4.65. The fourth-order valence-corrected chi connectivity index (χ4v) is 4.65. The largest absolute Gasteiger partial charge is 0.348 e. The Bertz CT molecular complexity index is 888. The number of rotatable bonds is 2. The van der Waals surface area contributed by atoms with E-state index in [1.807, 2.05) is 11.9 Å². The van der Waals surface area contributed by atoms with Crippen LogP contribution in [0.1, 0.15) is 47.7 Å². The lowest BCUT2D eigenvalue weighted by atomic mass is 9.78. The minimum absolute atomic E-state index is 0.0459. The van der Waals surface area contributed by atoms with Gasteiger partial charge in [0.25, 0.3) is 5.91 Å². The molecule has 2 fully saturated rings. The van der Waals surface area contributed by atoms with Crippen LogP contribution >= 0.6 is 0 Å². The summed E-state index contributed by atoms with van der Waals surface area (Å²) in [5.41, 5.74) is 1.76. The molecule has 0 bridgehead atoms. The lowest BCUT2D eigenvalue weighted by Crippen LogP contribution is -2.59. The number of nitrogens with zero attached hydrogens (tertiary/aromatic N) is 5. The van der Waals surface area contributed by atoms with Crippen molar-refractivity contribution in [2.24, 2.45) is 13.0 Å². The van der Waals surface area contributed by atoms with Crippen molar-refractivity contribution in [2.45, 2.75) is 37.6 Å². The van der Waals surface area contributed by atoms with Crippen LogP contribution in [0.4, 0.5) is 0 Å². The summed E-state index contributed by atoms with van der Waals surface area (Å²) in [6.07, 6.45) is 9.44.